The number of alkyl halides is 6. The van der Waals surface area contributed by atoms with E-state index in [0.717, 1.165) is 6.07 Å². The summed E-state index contributed by atoms with van der Waals surface area (Å²) in [5.74, 6) is -16.3. The molecule has 0 N–H and O–H groups in total. The molecule has 0 heterocycles. The van der Waals surface area contributed by atoms with Gasteiger partial charge in [0.1, 0.15) is 58.3 Å². The van der Waals surface area contributed by atoms with Gasteiger partial charge in [-0.25, -0.2) is 30.7 Å². The highest BCUT2D eigenvalue weighted by molar-refractivity contribution is 5.65. The summed E-state index contributed by atoms with van der Waals surface area (Å²) in [5, 5.41) is 0. The lowest BCUT2D eigenvalue weighted by Crippen LogP contribution is -2.43. The fourth-order valence-electron chi connectivity index (χ4n) is 4.54. The van der Waals surface area contributed by atoms with Crippen LogP contribution in [0, 0.1) is 41.9 Å². The third-order valence-corrected chi connectivity index (χ3v) is 6.30. The van der Waals surface area contributed by atoms with Crippen LogP contribution in [0.1, 0.15) is 29.0 Å². The minimum Gasteiger partial charge on any atom is -0.432 e. The summed E-state index contributed by atoms with van der Waals surface area (Å²) in [6.45, 7) is 1.58. The van der Waals surface area contributed by atoms with E-state index >= 15 is 0 Å². The number of ether oxygens (including phenoxy) is 1. The summed E-state index contributed by atoms with van der Waals surface area (Å²) in [6.07, 6.45) is -14.1. The summed E-state index contributed by atoms with van der Waals surface area (Å²) in [7, 11) is 0. The van der Waals surface area contributed by atoms with Crippen LogP contribution in [0.4, 0.5) is 52.7 Å². The summed E-state index contributed by atoms with van der Waals surface area (Å²) < 4.78 is 173. The third kappa shape index (κ3) is 5.64. The van der Waals surface area contributed by atoms with Gasteiger partial charge in [-0.2, -0.15) is 22.0 Å². The van der Waals surface area contributed by atoms with Gasteiger partial charge < -0.3 is 4.74 Å². The average molecular weight is 584 g/mol. The molecule has 0 saturated heterocycles. The van der Waals surface area contributed by atoms with Crippen LogP contribution in [0.25, 0.3) is 11.1 Å². The van der Waals surface area contributed by atoms with E-state index in [9.17, 15) is 52.7 Å². The van der Waals surface area contributed by atoms with Crippen molar-refractivity contribution in [1.29, 1.82) is 0 Å². The molecule has 3 aromatic carbocycles. The van der Waals surface area contributed by atoms with E-state index in [4.69, 9.17) is 0 Å². The number of rotatable bonds is 5. The molecule has 0 radical (unpaired) electrons. The van der Waals surface area contributed by atoms with Gasteiger partial charge >= 0.3 is 12.3 Å². The molecule has 0 fully saturated rings. The number of hydrogen-bond acceptors (Lipinski definition) is 1. The van der Waals surface area contributed by atoms with Crippen molar-refractivity contribution in [1.82, 2.24) is 0 Å². The molecular weight excluding hydrogens is 568 g/mol. The molecule has 13 heteroatoms. The summed E-state index contributed by atoms with van der Waals surface area (Å²) in [6, 6.07) is 4.81. The maximum absolute atomic E-state index is 14.9. The molecule has 40 heavy (non-hydrogen) atoms. The molecule has 1 nitrogen and oxygen atoms in total. The fraction of sp³-hybridized carbons (Fsp3) is 0.259. The molecule has 0 amide bonds. The van der Waals surface area contributed by atoms with Crippen molar-refractivity contribution in [2.24, 2.45) is 5.92 Å². The second kappa shape index (κ2) is 10.4. The molecule has 0 aliphatic heterocycles. The van der Waals surface area contributed by atoms with Crippen LogP contribution in [0.3, 0.4) is 0 Å². The largest absolute Gasteiger partial charge is 0.432 e. The van der Waals surface area contributed by atoms with E-state index in [1.54, 1.807) is 6.92 Å². The van der Waals surface area contributed by atoms with Gasteiger partial charge in [-0.1, -0.05) is 12.1 Å². The van der Waals surface area contributed by atoms with Gasteiger partial charge in [-0.3, -0.25) is 0 Å². The van der Waals surface area contributed by atoms with Gasteiger partial charge in [0.05, 0.1) is 0 Å². The Morgan fingerprint density at radius 1 is 0.750 bits per heavy atom. The molecule has 3 atom stereocenters. The first-order chi connectivity index (χ1) is 18.5. The maximum Gasteiger partial charge on any atom is 0.422 e. The SMILES string of the molecule is Cc1ccc(-c2cc(F)c([C@H]3C=C(F)C(C(F)(F)Oc4cc(F)c(C(F)(F)F)c(F)c4)[C@@H](F)C3)c(F)c2)c(F)c1. The standard InChI is InChI=1S/C27H16F12O/c1-11-2-3-15(16(28)4-11)12-5-17(29)23(18(30)6-12)13-7-19(31)25(20(32)8-13)27(38,39)40-14-9-21(33)24(22(34)10-14)26(35,36)37/h2-7,9-10,13,20,25H,8H2,1H3/t13-,20-,25?/m0/s1. The lowest BCUT2D eigenvalue weighted by molar-refractivity contribution is -0.225. The zero-order valence-electron chi connectivity index (χ0n) is 20.0. The predicted molar refractivity (Wildman–Crippen MR) is 118 cm³/mol. The smallest absolute Gasteiger partial charge is 0.422 e. The van der Waals surface area contributed by atoms with Crippen molar-refractivity contribution in [3.05, 3.63) is 100 Å². The molecule has 3 aromatic rings. The Balaban J connectivity index is 1.62. The van der Waals surface area contributed by atoms with E-state index in [1.165, 1.54) is 12.1 Å². The number of allylic oxidation sites excluding steroid dienone is 1. The Labute approximate surface area is 218 Å². The lowest BCUT2D eigenvalue weighted by atomic mass is 9.81. The Morgan fingerprint density at radius 2 is 1.32 bits per heavy atom. The van der Waals surface area contributed by atoms with Gasteiger partial charge in [-0.15, -0.1) is 0 Å². The van der Waals surface area contributed by atoms with Crippen molar-refractivity contribution in [3.63, 3.8) is 0 Å². The fourth-order valence-corrected chi connectivity index (χ4v) is 4.54. The summed E-state index contributed by atoms with van der Waals surface area (Å²) in [5.41, 5.74) is -3.15. The summed E-state index contributed by atoms with van der Waals surface area (Å²) in [4.78, 5) is 0. The minimum absolute atomic E-state index is 0.170. The number of aryl methyl sites for hydroxylation is 1. The van der Waals surface area contributed by atoms with Crippen molar-refractivity contribution in [2.75, 3.05) is 0 Å². The van der Waals surface area contributed by atoms with E-state index in [1.807, 2.05) is 0 Å². The third-order valence-electron chi connectivity index (χ3n) is 6.30. The minimum atomic E-state index is -5.51. The Morgan fingerprint density at radius 3 is 1.82 bits per heavy atom. The van der Waals surface area contributed by atoms with E-state index < -0.39 is 88.5 Å². The molecule has 1 unspecified atom stereocenters. The maximum atomic E-state index is 14.9. The number of benzene rings is 3. The van der Waals surface area contributed by atoms with Crippen molar-refractivity contribution < 1.29 is 57.4 Å². The highest BCUT2D eigenvalue weighted by atomic mass is 19.4. The van der Waals surface area contributed by atoms with Gasteiger partial charge in [0, 0.05) is 29.2 Å². The molecule has 0 aromatic heterocycles. The Bertz CT molecular complexity index is 1430. The molecule has 0 spiro atoms. The van der Waals surface area contributed by atoms with Crippen molar-refractivity contribution in [2.45, 2.75) is 37.7 Å². The van der Waals surface area contributed by atoms with Crippen molar-refractivity contribution >= 4 is 0 Å². The Kier molecular flexibility index (Phi) is 7.63. The van der Waals surface area contributed by atoms with Crippen LogP contribution in [0.15, 0.2) is 54.4 Å². The second-order valence-corrected chi connectivity index (χ2v) is 9.15. The zero-order chi connectivity index (χ0) is 29.7. The first-order valence-electron chi connectivity index (χ1n) is 11.4. The first-order valence-corrected chi connectivity index (χ1v) is 11.4. The van der Waals surface area contributed by atoms with Crippen LogP contribution >= 0.6 is 0 Å². The van der Waals surface area contributed by atoms with Gasteiger partial charge in [0.25, 0.3) is 0 Å². The summed E-state index contributed by atoms with van der Waals surface area (Å²) >= 11 is 0. The monoisotopic (exact) mass is 584 g/mol. The zero-order valence-corrected chi connectivity index (χ0v) is 20.0. The van der Waals surface area contributed by atoms with Crippen LogP contribution in [-0.4, -0.2) is 12.3 Å². The van der Waals surface area contributed by atoms with E-state index in [0.29, 0.717) is 23.8 Å². The second-order valence-electron chi connectivity index (χ2n) is 9.15. The van der Waals surface area contributed by atoms with Crippen LogP contribution in [0.5, 0.6) is 5.75 Å². The Hall–Kier alpha value is -3.64. The van der Waals surface area contributed by atoms with E-state index in [-0.39, 0.29) is 23.3 Å². The molecule has 0 bridgehead atoms. The first kappa shape index (κ1) is 29.3. The quantitative estimate of drug-likeness (QED) is 0.272. The normalized spacial score (nSPS) is 19.9. The average Bonchev–Trinajstić information content (AvgIpc) is 2.76. The van der Waals surface area contributed by atoms with Crippen LogP contribution in [-0.2, 0) is 6.18 Å². The van der Waals surface area contributed by atoms with Gasteiger partial charge in [0.15, 0.2) is 0 Å². The van der Waals surface area contributed by atoms with Gasteiger partial charge in [0.2, 0.25) is 0 Å². The molecule has 1 aliphatic carbocycles. The molecule has 1 aliphatic rings. The number of halogens is 12. The molecule has 0 saturated carbocycles. The van der Waals surface area contributed by atoms with Crippen LogP contribution < -0.4 is 4.74 Å². The highest BCUT2D eigenvalue weighted by Gasteiger charge is 2.53. The van der Waals surface area contributed by atoms with Crippen LogP contribution in [0.2, 0.25) is 0 Å². The van der Waals surface area contributed by atoms with Crippen molar-refractivity contribution in [3.8, 4) is 16.9 Å². The molecule has 4 rings (SSSR count). The predicted octanol–water partition coefficient (Wildman–Crippen LogP) is 9.34. The highest BCUT2D eigenvalue weighted by Crippen LogP contribution is 2.47. The lowest BCUT2D eigenvalue weighted by Gasteiger charge is -2.33. The number of hydrogen-bond donors (Lipinski definition) is 0. The topological polar surface area (TPSA) is 9.23 Å². The van der Waals surface area contributed by atoms with E-state index in [2.05, 4.69) is 4.74 Å². The van der Waals surface area contributed by atoms with Gasteiger partial charge in [-0.05, 0) is 48.7 Å². The molecule has 214 valence electrons. The molecular formula is C27H16F12O.